The second-order valence-corrected chi connectivity index (χ2v) is 8.47. The molecule has 1 atom stereocenters. The highest BCUT2D eigenvalue weighted by Crippen LogP contribution is 2.21. The normalized spacial score (nSPS) is 13.3. The third-order valence-electron chi connectivity index (χ3n) is 3.83. The number of aryl methyl sites for hydroxylation is 1. The van der Waals surface area contributed by atoms with E-state index >= 15 is 0 Å². The van der Waals surface area contributed by atoms with Gasteiger partial charge < -0.3 is 10.1 Å². The molecule has 0 bridgehead atoms. The van der Waals surface area contributed by atoms with Gasteiger partial charge in [0, 0.05) is 5.02 Å². The van der Waals surface area contributed by atoms with Crippen LogP contribution in [0.2, 0.25) is 5.02 Å². The van der Waals surface area contributed by atoms with Crippen LogP contribution in [0.5, 0.6) is 0 Å². The number of rotatable bonds is 5. The molecule has 5 nitrogen and oxygen atoms in total. The average Bonchev–Trinajstić information content (AvgIpc) is 2.89. The Morgan fingerprint density at radius 2 is 2.04 bits per heavy atom. The van der Waals surface area contributed by atoms with Crippen molar-refractivity contribution in [3.05, 3.63) is 64.2 Å². The largest absolute Gasteiger partial charge is 0.387 e. The van der Waals surface area contributed by atoms with E-state index in [1.807, 2.05) is 0 Å². The van der Waals surface area contributed by atoms with E-state index in [2.05, 4.69) is 9.97 Å². The number of benzene rings is 2. The van der Waals surface area contributed by atoms with Crippen molar-refractivity contribution < 1.29 is 17.9 Å². The fourth-order valence-electron chi connectivity index (χ4n) is 2.58. The van der Waals surface area contributed by atoms with Crippen molar-refractivity contribution in [2.24, 2.45) is 0 Å². The highest BCUT2D eigenvalue weighted by atomic mass is 35.5. The van der Waals surface area contributed by atoms with E-state index in [0.717, 1.165) is 0 Å². The van der Waals surface area contributed by atoms with Crippen LogP contribution >= 0.6 is 11.6 Å². The Morgan fingerprint density at radius 1 is 1.28 bits per heavy atom. The van der Waals surface area contributed by atoms with Crippen molar-refractivity contribution in [2.45, 2.75) is 18.8 Å². The highest BCUT2D eigenvalue weighted by Gasteiger charge is 2.21. The van der Waals surface area contributed by atoms with E-state index in [-0.39, 0.29) is 11.6 Å². The Balaban J connectivity index is 1.77. The minimum Gasteiger partial charge on any atom is -0.387 e. The van der Waals surface area contributed by atoms with Gasteiger partial charge in [-0.25, -0.2) is 17.8 Å². The number of H-pyrrole nitrogens is 1. The number of imidazole rings is 1. The van der Waals surface area contributed by atoms with Crippen LogP contribution in [0.15, 0.2) is 36.4 Å². The van der Waals surface area contributed by atoms with Crippen molar-refractivity contribution in [1.29, 1.82) is 0 Å². The minimum atomic E-state index is -3.63. The van der Waals surface area contributed by atoms with E-state index < -0.39 is 27.5 Å². The minimum absolute atomic E-state index is 0.278. The molecule has 8 heteroatoms. The van der Waals surface area contributed by atoms with Gasteiger partial charge >= 0.3 is 0 Å². The number of aromatic amines is 1. The van der Waals surface area contributed by atoms with Gasteiger partial charge in [0.1, 0.15) is 17.4 Å². The molecule has 3 aromatic rings. The topological polar surface area (TPSA) is 83.0 Å². The van der Waals surface area contributed by atoms with Gasteiger partial charge in [0.2, 0.25) is 0 Å². The summed E-state index contributed by atoms with van der Waals surface area (Å²) in [5.41, 5.74) is 1.97. The van der Waals surface area contributed by atoms with Crippen LogP contribution in [0, 0.1) is 12.7 Å². The zero-order chi connectivity index (χ0) is 18.2. The van der Waals surface area contributed by atoms with E-state index in [1.54, 1.807) is 25.1 Å². The van der Waals surface area contributed by atoms with Crippen LogP contribution in [-0.4, -0.2) is 29.2 Å². The molecule has 2 aromatic carbocycles. The monoisotopic (exact) mass is 382 g/mol. The fraction of sp³-hybridized carbons (Fsp3) is 0.235. The van der Waals surface area contributed by atoms with E-state index in [9.17, 15) is 17.9 Å². The quantitative estimate of drug-likeness (QED) is 0.709. The molecule has 3 rings (SSSR count). The van der Waals surface area contributed by atoms with Gasteiger partial charge in [0.15, 0.2) is 9.84 Å². The molecule has 25 heavy (non-hydrogen) atoms. The van der Waals surface area contributed by atoms with E-state index in [1.165, 1.54) is 18.2 Å². The lowest BCUT2D eigenvalue weighted by Gasteiger charge is -2.12. The van der Waals surface area contributed by atoms with Crippen LogP contribution in [0.3, 0.4) is 0 Å². The fourth-order valence-corrected chi connectivity index (χ4v) is 4.10. The summed E-state index contributed by atoms with van der Waals surface area (Å²) < 4.78 is 38.0. The van der Waals surface area contributed by atoms with Gasteiger partial charge in [-0.3, -0.25) is 0 Å². The predicted molar refractivity (Wildman–Crippen MR) is 94.7 cm³/mol. The van der Waals surface area contributed by atoms with Crippen molar-refractivity contribution >= 4 is 32.5 Å². The number of halogens is 2. The standard InChI is InChI=1S/C17H16ClFN2O3S/c1-10-6-11(2-4-13(10)19)16(22)8-25(23,24)9-17-20-14-5-3-12(18)7-15(14)21-17/h2-7,16,22H,8-9H2,1H3,(H,20,21). The summed E-state index contributed by atoms with van der Waals surface area (Å²) in [5.74, 6) is -0.939. The number of sulfone groups is 1. The number of fused-ring (bicyclic) bond motifs is 1. The Labute approximate surface area is 149 Å². The average molecular weight is 383 g/mol. The van der Waals surface area contributed by atoms with Crippen LogP contribution in [0.25, 0.3) is 11.0 Å². The summed E-state index contributed by atoms with van der Waals surface area (Å²) >= 11 is 5.90. The lowest BCUT2D eigenvalue weighted by atomic mass is 10.1. The number of nitrogens with one attached hydrogen (secondary N) is 1. The van der Waals surface area contributed by atoms with Gasteiger partial charge in [-0.1, -0.05) is 23.7 Å². The maximum absolute atomic E-state index is 13.3. The molecular formula is C17H16ClFN2O3S. The zero-order valence-corrected chi connectivity index (χ0v) is 14.9. The molecule has 0 amide bonds. The number of hydrogen-bond acceptors (Lipinski definition) is 4. The van der Waals surface area contributed by atoms with E-state index in [4.69, 9.17) is 11.6 Å². The number of aliphatic hydroxyl groups is 1. The molecular weight excluding hydrogens is 367 g/mol. The smallest absolute Gasteiger partial charge is 0.160 e. The van der Waals surface area contributed by atoms with Crippen LogP contribution in [0.4, 0.5) is 4.39 Å². The summed E-state index contributed by atoms with van der Waals surface area (Å²) in [4.78, 5) is 7.14. The molecule has 2 N–H and O–H groups in total. The number of aliphatic hydroxyl groups excluding tert-OH is 1. The van der Waals surface area contributed by atoms with Gasteiger partial charge in [0.25, 0.3) is 0 Å². The molecule has 0 aliphatic carbocycles. The number of hydrogen-bond donors (Lipinski definition) is 2. The predicted octanol–water partition coefficient (Wildman–Crippen LogP) is 3.31. The molecule has 0 aliphatic rings. The van der Waals surface area contributed by atoms with Gasteiger partial charge in [0.05, 0.1) is 22.9 Å². The molecule has 0 saturated heterocycles. The second-order valence-electron chi connectivity index (χ2n) is 5.92. The third kappa shape index (κ3) is 4.18. The van der Waals surface area contributed by atoms with Crippen LogP contribution in [-0.2, 0) is 15.6 Å². The lowest BCUT2D eigenvalue weighted by molar-refractivity contribution is 0.201. The molecule has 132 valence electrons. The van der Waals surface area contributed by atoms with Gasteiger partial charge in [-0.15, -0.1) is 0 Å². The number of nitrogens with zero attached hydrogens (tertiary/aromatic N) is 1. The molecule has 0 spiro atoms. The first kappa shape index (κ1) is 17.8. The first-order valence-electron chi connectivity index (χ1n) is 7.52. The second kappa shape index (κ2) is 6.74. The molecule has 1 aromatic heterocycles. The van der Waals surface area contributed by atoms with E-state index in [0.29, 0.717) is 27.2 Å². The van der Waals surface area contributed by atoms with Crippen molar-refractivity contribution in [1.82, 2.24) is 9.97 Å². The Bertz CT molecular complexity index is 1030. The summed E-state index contributed by atoms with van der Waals surface area (Å²) in [6, 6.07) is 9.06. The first-order valence-corrected chi connectivity index (χ1v) is 9.72. The molecule has 0 fully saturated rings. The molecule has 1 unspecified atom stereocenters. The van der Waals surface area contributed by atoms with Gasteiger partial charge in [-0.2, -0.15) is 0 Å². The maximum atomic E-state index is 13.3. The SMILES string of the molecule is Cc1cc(C(O)CS(=O)(=O)Cc2nc3ccc(Cl)cc3[nH]2)ccc1F. The van der Waals surface area contributed by atoms with Crippen LogP contribution in [0.1, 0.15) is 23.1 Å². The molecule has 1 heterocycles. The highest BCUT2D eigenvalue weighted by molar-refractivity contribution is 7.90. The summed E-state index contributed by atoms with van der Waals surface area (Å²) in [6.45, 7) is 1.56. The van der Waals surface area contributed by atoms with Gasteiger partial charge in [-0.05, 0) is 42.3 Å². The lowest BCUT2D eigenvalue weighted by Crippen LogP contribution is -2.17. The molecule has 0 radical (unpaired) electrons. The number of aromatic nitrogens is 2. The van der Waals surface area contributed by atoms with Crippen LogP contribution < -0.4 is 0 Å². The van der Waals surface area contributed by atoms with Crippen molar-refractivity contribution in [2.75, 3.05) is 5.75 Å². The summed E-state index contributed by atoms with van der Waals surface area (Å²) in [5, 5.41) is 10.7. The molecule has 0 aliphatic heterocycles. The summed E-state index contributed by atoms with van der Waals surface area (Å²) in [7, 11) is -3.63. The maximum Gasteiger partial charge on any atom is 0.160 e. The zero-order valence-electron chi connectivity index (χ0n) is 13.3. The Hall–Kier alpha value is -1.96. The Morgan fingerprint density at radius 3 is 2.76 bits per heavy atom. The third-order valence-corrected chi connectivity index (χ3v) is 5.60. The van der Waals surface area contributed by atoms with Crippen molar-refractivity contribution in [3.8, 4) is 0 Å². The molecule has 0 saturated carbocycles. The Kier molecular flexibility index (Phi) is 4.81. The van der Waals surface area contributed by atoms with Crippen molar-refractivity contribution in [3.63, 3.8) is 0 Å². The summed E-state index contributed by atoms with van der Waals surface area (Å²) in [6.07, 6.45) is -1.23. The first-order chi connectivity index (χ1) is 11.7.